The normalized spacial score (nSPS) is 20.1. The largest absolute Gasteiger partial charge is 0.373 e. The van der Waals surface area contributed by atoms with Crippen LogP contribution in [0, 0.1) is 11.3 Å². The number of morpholine rings is 1. The highest BCUT2D eigenvalue weighted by Gasteiger charge is 2.22. The fraction of sp³-hybridized carbons (Fsp3) is 0.417. The van der Waals surface area contributed by atoms with Crippen LogP contribution in [-0.4, -0.2) is 32.3 Å². The second-order valence-corrected chi connectivity index (χ2v) is 4.33. The van der Waals surface area contributed by atoms with Gasteiger partial charge in [0.05, 0.1) is 29.0 Å². The van der Waals surface area contributed by atoms with E-state index in [1.165, 1.54) is 0 Å². The summed E-state index contributed by atoms with van der Waals surface area (Å²) in [6, 6.07) is 7.63. The lowest BCUT2D eigenvalue weighted by Gasteiger charge is -2.34. The Bertz CT molecular complexity index is 444. The van der Waals surface area contributed by atoms with Crippen molar-refractivity contribution >= 4 is 17.3 Å². The lowest BCUT2D eigenvalue weighted by Crippen LogP contribution is -2.45. The van der Waals surface area contributed by atoms with E-state index >= 15 is 0 Å². The van der Waals surface area contributed by atoms with Crippen molar-refractivity contribution in [1.82, 2.24) is 0 Å². The molecule has 5 heteroatoms. The summed E-state index contributed by atoms with van der Waals surface area (Å²) in [7, 11) is 0. The molecule has 2 rings (SSSR count). The molecule has 1 aromatic rings. The number of ether oxygens (including phenoxy) is 1. The average molecular weight is 252 g/mol. The molecule has 1 heterocycles. The summed E-state index contributed by atoms with van der Waals surface area (Å²) in [5.74, 6) is 0. The van der Waals surface area contributed by atoms with Crippen molar-refractivity contribution in [2.45, 2.75) is 6.10 Å². The Morgan fingerprint density at radius 2 is 2.41 bits per heavy atom. The highest BCUT2D eigenvalue weighted by Crippen LogP contribution is 2.27. The van der Waals surface area contributed by atoms with Gasteiger partial charge < -0.3 is 15.4 Å². The number of nitrogens with zero attached hydrogens (tertiary/aromatic N) is 2. The van der Waals surface area contributed by atoms with Crippen molar-refractivity contribution in [2.24, 2.45) is 5.73 Å². The molecule has 0 aliphatic carbocycles. The number of hydrogen-bond acceptors (Lipinski definition) is 4. The van der Waals surface area contributed by atoms with E-state index in [9.17, 15) is 0 Å². The molecular weight excluding hydrogens is 238 g/mol. The smallest absolute Gasteiger partial charge is 0.103 e. The number of nitrogens with two attached hydrogens (primary N) is 1. The Morgan fingerprint density at radius 3 is 3.12 bits per heavy atom. The SMILES string of the molecule is N#Cc1c(Cl)cccc1N1CCOC(CN)C1. The minimum Gasteiger partial charge on any atom is -0.373 e. The molecule has 4 nitrogen and oxygen atoms in total. The predicted molar refractivity (Wildman–Crippen MR) is 67.2 cm³/mol. The van der Waals surface area contributed by atoms with Gasteiger partial charge in [0.2, 0.25) is 0 Å². The molecule has 0 spiro atoms. The lowest BCUT2D eigenvalue weighted by atomic mass is 10.1. The number of nitriles is 1. The number of hydrogen-bond donors (Lipinski definition) is 1. The molecule has 17 heavy (non-hydrogen) atoms. The first-order valence-corrected chi connectivity index (χ1v) is 5.89. The summed E-state index contributed by atoms with van der Waals surface area (Å²) in [5, 5.41) is 9.62. The van der Waals surface area contributed by atoms with Crippen LogP contribution in [0.3, 0.4) is 0 Å². The third-order valence-electron chi connectivity index (χ3n) is 2.85. The molecule has 1 aliphatic heterocycles. The fourth-order valence-corrected chi connectivity index (χ4v) is 2.18. The summed E-state index contributed by atoms with van der Waals surface area (Å²) in [6.45, 7) is 2.56. The van der Waals surface area contributed by atoms with Gasteiger partial charge in [0, 0.05) is 19.6 Å². The lowest BCUT2D eigenvalue weighted by molar-refractivity contribution is 0.0465. The quantitative estimate of drug-likeness (QED) is 0.863. The summed E-state index contributed by atoms with van der Waals surface area (Å²) >= 11 is 6.01. The zero-order valence-corrected chi connectivity index (χ0v) is 10.2. The van der Waals surface area contributed by atoms with Crippen molar-refractivity contribution in [2.75, 3.05) is 31.1 Å². The second kappa shape index (κ2) is 5.37. The highest BCUT2D eigenvalue weighted by molar-refractivity contribution is 6.32. The van der Waals surface area contributed by atoms with Gasteiger partial charge in [-0.1, -0.05) is 17.7 Å². The molecule has 1 aromatic carbocycles. The van der Waals surface area contributed by atoms with Crippen LogP contribution in [0.5, 0.6) is 0 Å². The van der Waals surface area contributed by atoms with E-state index in [1.807, 2.05) is 12.1 Å². The Hall–Kier alpha value is -1.28. The van der Waals surface area contributed by atoms with Crippen molar-refractivity contribution in [3.8, 4) is 6.07 Å². The van der Waals surface area contributed by atoms with Gasteiger partial charge in [0.25, 0.3) is 0 Å². The average Bonchev–Trinajstić information content (AvgIpc) is 2.38. The van der Waals surface area contributed by atoms with Gasteiger partial charge in [-0.25, -0.2) is 0 Å². The zero-order valence-electron chi connectivity index (χ0n) is 9.40. The van der Waals surface area contributed by atoms with Gasteiger partial charge in [-0.05, 0) is 12.1 Å². The van der Waals surface area contributed by atoms with Crippen LogP contribution in [0.2, 0.25) is 5.02 Å². The van der Waals surface area contributed by atoms with Crippen molar-refractivity contribution in [3.63, 3.8) is 0 Å². The van der Waals surface area contributed by atoms with Gasteiger partial charge >= 0.3 is 0 Å². The van der Waals surface area contributed by atoms with E-state index in [0.717, 1.165) is 12.2 Å². The molecule has 0 amide bonds. The number of rotatable bonds is 2. The Labute approximate surface area is 106 Å². The maximum Gasteiger partial charge on any atom is 0.103 e. The molecule has 0 aromatic heterocycles. The van der Waals surface area contributed by atoms with Crippen LogP contribution < -0.4 is 10.6 Å². The third kappa shape index (κ3) is 2.52. The Morgan fingerprint density at radius 1 is 1.59 bits per heavy atom. The summed E-state index contributed by atoms with van der Waals surface area (Å²) in [5.41, 5.74) is 6.98. The van der Waals surface area contributed by atoms with Crippen molar-refractivity contribution < 1.29 is 4.74 Å². The molecule has 2 N–H and O–H groups in total. The highest BCUT2D eigenvalue weighted by atomic mass is 35.5. The molecule has 1 unspecified atom stereocenters. The monoisotopic (exact) mass is 251 g/mol. The zero-order chi connectivity index (χ0) is 12.3. The molecule has 1 fully saturated rings. The maximum atomic E-state index is 9.14. The van der Waals surface area contributed by atoms with Crippen LogP contribution in [0.4, 0.5) is 5.69 Å². The van der Waals surface area contributed by atoms with Gasteiger partial charge in [-0.15, -0.1) is 0 Å². The summed E-state index contributed by atoms with van der Waals surface area (Å²) in [4.78, 5) is 2.10. The van der Waals surface area contributed by atoms with Crippen LogP contribution in [0.1, 0.15) is 5.56 Å². The third-order valence-corrected chi connectivity index (χ3v) is 3.16. The van der Waals surface area contributed by atoms with Gasteiger partial charge in [-0.2, -0.15) is 5.26 Å². The molecule has 0 saturated carbocycles. The standard InChI is InChI=1S/C12H14ClN3O/c13-11-2-1-3-12(10(11)7-15)16-4-5-17-9(6-14)8-16/h1-3,9H,4-6,8,14H2. The molecule has 1 saturated heterocycles. The van der Waals surface area contributed by atoms with Crippen LogP contribution >= 0.6 is 11.6 Å². The van der Waals surface area contributed by atoms with E-state index < -0.39 is 0 Å². The van der Waals surface area contributed by atoms with Crippen LogP contribution in [0.25, 0.3) is 0 Å². The van der Waals surface area contributed by atoms with E-state index in [0.29, 0.717) is 30.3 Å². The molecular formula is C12H14ClN3O. The molecule has 0 radical (unpaired) electrons. The van der Waals surface area contributed by atoms with Gasteiger partial charge in [0.1, 0.15) is 6.07 Å². The van der Waals surface area contributed by atoms with E-state index in [2.05, 4.69) is 11.0 Å². The first kappa shape index (κ1) is 12.2. The number of anilines is 1. The minimum absolute atomic E-state index is 0.0225. The van der Waals surface area contributed by atoms with Gasteiger partial charge in [0.15, 0.2) is 0 Å². The Kier molecular flexibility index (Phi) is 3.85. The number of halogens is 1. The first-order chi connectivity index (χ1) is 8.26. The predicted octanol–water partition coefficient (Wildman–Crippen LogP) is 1.38. The summed E-state index contributed by atoms with van der Waals surface area (Å²) < 4.78 is 5.50. The molecule has 0 bridgehead atoms. The fourth-order valence-electron chi connectivity index (χ4n) is 1.97. The van der Waals surface area contributed by atoms with Crippen molar-refractivity contribution in [3.05, 3.63) is 28.8 Å². The molecule has 90 valence electrons. The Balaban J connectivity index is 2.28. The van der Waals surface area contributed by atoms with Crippen LogP contribution in [0.15, 0.2) is 18.2 Å². The van der Waals surface area contributed by atoms with Gasteiger partial charge in [-0.3, -0.25) is 0 Å². The minimum atomic E-state index is 0.0225. The topological polar surface area (TPSA) is 62.3 Å². The van der Waals surface area contributed by atoms with E-state index in [4.69, 9.17) is 27.3 Å². The van der Waals surface area contributed by atoms with E-state index in [-0.39, 0.29) is 6.10 Å². The molecule has 1 atom stereocenters. The van der Waals surface area contributed by atoms with Crippen LogP contribution in [-0.2, 0) is 4.74 Å². The maximum absolute atomic E-state index is 9.14. The number of benzene rings is 1. The van der Waals surface area contributed by atoms with E-state index in [1.54, 1.807) is 6.07 Å². The molecule has 1 aliphatic rings. The second-order valence-electron chi connectivity index (χ2n) is 3.92. The van der Waals surface area contributed by atoms with Crippen molar-refractivity contribution in [1.29, 1.82) is 5.26 Å². The summed E-state index contributed by atoms with van der Waals surface area (Å²) in [6.07, 6.45) is 0.0225. The first-order valence-electron chi connectivity index (χ1n) is 5.51.